The summed E-state index contributed by atoms with van der Waals surface area (Å²) in [6, 6.07) is 6.91. The SMILES string of the molecule is C[C@@H](CC#Cc1cnc2c(N)ccnn12)NC(=O)c1nc2cccc(Cl)c2n1C. The number of amides is 1. The number of hydrogen-bond donors (Lipinski definition) is 2. The summed E-state index contributed by atoms with van der Waals surface area (Å²) in [6.07, 6.45) is 3.67. The first kappa shape index (κ1) is 18.8. The van der Waals surface area contributed by atoms with Gasteiger partial charge < -0.3 is 15.6 Å². The van der Waals surface area contributed by atoms with Crippen LogP contribution in [0, 0.1) is 11.8 Å². The van der Waals surface area contributed by atoms with Crippen LogP contribution in [-0.4, -0.2) is 36.1 Å². The number of benzene rings is 1. The predicted molar refractivity (Wildman–Crippen MR) is 112 cm³/mol. The molecule has 0 aliphatic carbocycles. The first-order chi connectivity index (χ1) is 14.0. The van der Waals surface area contributed by atoms with Crippen molar-refractivity contribution in [3.05, 3.63) is 53.2 Å². The van der Waals surface area contributed by atoms with Crippen molar-refractivity contribution in [2.75, 3.05) is 5.73 Å². The maximum Gasteiger partial charge on any atom is 0.287 e. The molecule has 4 rings (SSSR count). The molecule has 1 amide bonds. The second-order valence-corrected chi connectivity index (χ2v) is 7.06. The summed E-state index contributed by atoms with van der Waals surface area (Å²) in [5.74, 6) is 6.09. The molecule has 1 aromatic carbocycles. The van der Waals surface area contributed by atoms with Crippen molar-refractivity contribution < 1.29 is 4.79 Å². The highest BCUT2D eigenvalue weighted by Crippen LogP contribution is 2.23. The normalized spacial score (nSPS) is 12.0. The minimum atomic E-state index is -0.279. The number of fused-ring (bicyclic) bond motifs is 2. The fourth-order valence-corrected chi connectivity index (χ4v) is 3.35. The summed E-state index contributed by atoms with van der Waals surface area (Å²) >= 11 is 6.22. The van der Waals surface area contributed by atoms with Crippen LogP contribution in [0.3, 0.4) is 0 Å². The highest BCUT2D eigenvalue weighted by molar-refractivity contribution is 6.35. The summed E-state index contributed by atoms with van der Waals surface area (Å²) in [5.41, 5.74) is 9.02. The molecule has 0 saturated carbocycles. The molecule has 0 radical (unpaired) electrons. The van der Waals surface area contributed by atoms with Gasteiger partial charge in [-0.25, -0.2) is 14.5 Å². The van der Waals surface area contributed by atoms with E-state index in [1.54, 1.807) is 46.7 Å². The number of nitrogens with zero attached hydrogens (tertiary/aromatic N) is 5. The van der Waals surface area contributed by atoms with Gasteiger partial charge in [-0.15, -0.1) is 0 Å². The van der Waals surface area contributed by atoms with Crippen molar-refractivity contribution in [3.8, 4) is 11.8 Å². The number of carbonyl (C=O) groups is 1. The molecule has 0 spiro atoms. The molecule has 0 fully saturated rings. The molecule has 1 atom stereocenters. The van der Waals surface area contributed by atoms with Gasteiger partial charge >= 0.3 is 0 Å². The Morgan fingerprint density at radius 2 is 2.21 bits per heavy atom. The first-order valence-corrected chi connectivity index (χ1v) is 9.32. The fraction of sp³-hybridized carbons (Fsp3) is 0.200. The van der Waals surface area contributed by atoms with Gasteiger partial charge in [0, 0.05) is 19.5 Å². The molecule has 0 unspecified atom stereocenters. The van der Waals surface area contributed by atoms with Crippen molar-refractivity contribution in [1.29, 1.82) is 0 Å². The van der Waals surface area contributed by atoms with Crippen LogP contribution in [-0.2, 0) is 7.05 Å². The van der Waals surface area contributed by atoms with Gasteiger partial charge in [-0.1, -0.05) is 23.6 Å². The van der Waals surface area contributed by atoms with Crippen LogP contribution in [0.4, 0.5) is 5.69 Å². The highest BCUT2D eigenvalue weighted by atomic mass is 35.5. The summed E-state index contributed by atoms with van der Waals surface area (Å²) in [7, 11) is 1.77. The van der Waals surface area contributed by atoms with Gasteiger partial charge in [-0.05, 0) is 31.0 Å². The number of imidazole rings is 2. The average Bonchev–Trinajstić information content (AvgIpc) is 3.25. The van der Waals surface area contributed by atoms with Crippen LogP contribution in [0.2, 0.25) is 5.02 Å². The minimum absolute atomic E-state index is 0.178. The monoisotopic (exact) mass is 407 g/mol. The summed E-state index contributed by atoms with van der Waals surface area (Å²) < 4.78 is 3.29. The lowest BCUT2D eigenvalue weighted by molar-refractivity contribution is 0.0928. The molecule has 3 N–H and O–H groups in total. The summed E-state index contributed by atoms with van der Waals surface area (Å²) in [4.78, 5) is 21.2. The van der Waals surface area contributed by atoms with Crippen LogP contribution in [0.15, 0.2) is 36.7 Å². The van der Waals surface area contributed by atoms with Gasteiger partial charge in [-0.2, -0.15) is 5.10 Å². The van der Waals surface area contributed by atoms with Crippen molar-refractivity contribution >= 4 is 39.9 Å². The zero-order chi connectivity index (χ0) is 20.5. The zero-order valence-electron chi connectivity index (χ0n) is 15.8. The number of nitrogen functional groups attached to an aromatic ring is 1. The Morgan fingerprint density at radius 1 is 1.38 bits per heavy atom. The van der Waals surface area contributed by atoms with Crippen LogP contribution >= 0.6 is 11.6 Å². The molecular weight excluding hydrogens is 390 g/mol. The minimum Gasteiger partial charge on any atom is -0.396 e. The fourth-order valence-electron chi connectivity index (χ4n) is 3.06. The van der Waals surface area contributed by atoms with E-state index in [0.29, 0.717) is 39.8 Å². The maximum absolute atomic E-state index is 12.6. The number of nitrogens with one attached hydrogen (secondary N) is 1. The Labute approximate surface area is 171 Å². The van der Waals surface area contributed by atoms with Crippen molar-refractivity contribution in [1.82, 2.24) is 29.5 Å². The van der Waals surface area contributed by atoms with E-state index in [0.717, 1.165) is 5.52 Å². The molecule has 29 heavy (non-hydrogen) atoms. The molecule has 0 bridgehead atoms. The summed E-state index contributed by atoms with van der Waals surface area (Å²) in [6.45, 7) is 1.88. The van der Waals surface area contributed by atoms with E-state index in [-0.39, 0.29) is 11.9 Å². The summed E-state index contributed by atoms with van der Waals surface area (Å²) in [5, 5.41) is 7.68. The van der Waals surface area contributed by atoms with E-state index in [4.69, 9.17) is 17.3 Å². The lowest BCUT2D eigenvalue weighted by Crippen LogP contribution is -2.33. The third kappa shape index (κ3) is 3.48. The molecule has 3 aromatic heterocycles. The van der Waals surface area contributed by atoms with E-state index in [1.165, 1.54) is 0 Å². The van der Waals surface area contributed by atoms with E-state index in [1.807, 2.05) is 13.0 Å². The van der Waals surface area contributed by atoms with Gasteiger partial charge in [0.15, 0.2) is 11.5 Å². The lowest BCUT2D eigenvalue weighted by Gasteiger charge is -2.10. The number of aryl methyl sites for hydroxylation is 1. The van der Waals surface area contributed by atoms with E-state index < -0.39 is 0 Å². The second kappa shape index (κ2) is 7.45. The van der Waals surface area contributed by atoms with Crippen molar-refractivity contribution in [2.24, 2.45) is 7.05 Å². The Bertz CT molecular complexity index is 1290. The molecule has 8 nitrogen and oxygen atoms in total. The standard InChI is InChI=1S/C20H18ClN7O/c1-12(5-3-6-13-11-23-18-15(22)9-10-24-28(13)18)25-20(29)19-26-16-8-4-7-14(21)17(16)27(19)2/h4,7-12H,5,22H2,1-2H3,(H,25,29)/t12-/m0/s1. The quantitative estimate of drug-likeness (QED) is 0.507. The number of anilines is 1. The number of nitrogens with two attached hydrogens (primary N) is 1. The van der Waals surface area contributed by atoms with Crippen LogP contribution in [0.1, 0.15) is 29.7 Å². The molecule has 0 aliphatic heterocycles. The Morgan fingerprint density at radius 3 is 3.00 bits per heavy atom. The number of aromatic nitrogens is 5. The van der Waals surface area contributed by atoms with Crippen LogP contribution < -0.4 is 11.1 Å². The van der Waals surface area contributed by atoms with Gasteiger partial charge in [0.2, 0.25) is 0 Å². The zero-order valence-corrected chi connectivity index (χ0v) is 16.6. The molecule has 9 heteroatoms. The smallest absolute Gasteiger partial charge is 0.287 e. The van der Waals surface area contributed by atoms with Crippen LogP contribution in [0.25, 0.3) is 16.7 Å². The van der Waals surface area contributed by atoms with Gasteiger partial charge in [-0.3, -0.25) is 4.79 Å². The number of para-hydroxylation sites is 1. The van der Waals surface area contributed by atoms with Gasteiger partial charge in [0.05, 0.1) is 34.1 Å². The number of rotatable bonds is 3. The van der Waals surface area contributed by atoms with Gasteiger partial charge in [0.25, 0.3) is 5.91 Å². The highest BCUT2D eigenvalue weighted by Gasteiger charge is 2.18. The topological polar surface area (TPSA) is 103 Å². The Balaban J connectivity index is 1.47. The molecule has 0 saturated heterocycles. The number of hydrogen-bond acceptors (Lipinski definition) is 5. The molecule has 0 aliphatic rings. The number of carbonyl (C=O) groups excluding carboxylic acids is 1. The predicted octanol–water partition coefficient (Wildman–Crippen LogP) is 2.41. The third-order valence-corrected chi connectivity index (χ3v) is 4.79. The van der Waals surface area contributed by atoms with E-state index >= 15 is 0 Å². The lowest BCUT2D eigenvalue weighted by atomic mass is 10.2. The van der Waals surface area contributed by atoms with E-state index in [9.17, 15) is 4.79 Å². The molecule has 4 aromatic rings. The van der Waals surface area contributed by atoms with Crippen molar-refractivity contribution in [3.63, 3.8) is 0 Å². The third-order valence-electron chi connectivity index (χ3n) is 4.48. The maximum atomic E-state index is 12.6. The Kier molecular flexibility index (Phi) is 4.82. The van der Waals surface area contributed by atoms with E-state index in [2.05, 4.69) is 32.2 Å². The molecular formula is C20H18ClN7O. The average molecular weight is 408 g/mol. The number of halogens is 1. The Hall–Kier alpha value is -3.57. The first-order valence-electron chi connectivity index (χ1n) is 8.94. The van der Waals surface area contributed by atoms with Crippen LogP contribution in [0.5, 0.6) is 0 Å². The molecule has 146 valence electrons. The molecule has 3 heterocycles. The largest absolute Gasteiger partial charge is 0.396 e. The second-order valence-electron chi connectivity index (χ2n) is 6.65. The van der Waals surface area contributed by atoms with Crippen molar-refractivity contribution in [2.45, 2.75) is 19.4 Å². The van der Waals surface area contributed by atoms with Gasteiger partial charge in [0.1, 0.15) is 5.69 Å².